The number of hydrogen-bond donors (Lipinski definition) is 2. The third kappa shape index (κ3) is 3.57. The average Bonchev–Trinajstić information content (AvgIpc) is 2.63. The highest BCUT2D eigenvalue weighted by molar-refractivity contribution is 6.05. The van der Waals surface area contributed by atoms with E-state index in [1.165, 1.54) is 5.01 Å². The smallest absolute Gasteiger partial charge is 0.251 e. The topological polar surface area (TPSA) is 78.5 Å². The van der Waals surface area contributed by atoms with E-state index in [1.54, 1.807) is 24.3 Å². The number of amides is 3. The number of hydrazine groups is 1. The largest absolute Gasteiger partial charge is 0.352 e. The molecule has 0 spiro atoms. The summed E-state index contributed by atoms with van der Waals surface area (Å²) in [5, 5.41) is 4.13. The van der Waals surface area contributed by atoms with Gasteiger partial charge in [0.25, 0.3) is 5.91 Å². The van der Waals surface area contributed by atoms with Crippen LogP contribution in [-0.4, -0.2) is 24.3 Å². The van der Waals surface area contributed by atoms with E-state index in [1.807, 2.05) is 26.0 Å². The molecule has 1 heterocycles. The first kappa shape index (κ1) is 17.2. The van der Waals surface area contributed by atoms with Crippen molar-refractivity contribution in [3.63, 3.8) is 0 Å². The number of benzene rings is 1. The van der Waals surface area contributed by atoms with E-state index < -0.39 is 0 Å². The molecule has 2 unspecified atom stereocenters. The van der Waals surface area contributed by atoms with Gasteiger partial charge >= 0.3 is 0 Å². The second-order valence-corrected chi connectivity index (χ2v) is 6.96. The number of rotatable bonds is 4. The number of allylic oxidation sites excluding steroid dienone is 2. The molecule has 6 heteroatoms. The van der Waals surface area contributed by atoms with Gasteiger partial charge in [0, 0.05) is 12.1 Å². The van der Waals surface area contributed by atoms with Crippen LogP contribution in [0.2, 0.25) is 0 Å². The van der Waals surface area contributed by atoms with Crippen molar-refractivity contribution in [3.8, 4) is 0 Å². The molecular formula is C19H23N3O3. The standard InChI is InChI=1S/C19H23N3O3/c1-12(2)11-20-17(23)13-6-5-7-14(10-13)22-19(25)16-9-4-3-8-15(16)18(24)21-22/h3-7,10,12,15-16H,8-9,11H2,1-2H3,(H,20,23)(H,21,24). The predicted octanol–water partition coefficient (Wildman–Crippen LogP) is 2.03. The number of nitrogens with one attached hydrogen (secondary N) is 2. The maximum Gasteiger partial charge on any atom is 0.251 e. The van der Waals surface area contributed by atoms with Crippen molar-refractivity contribution in [2.45, 2.75) is 26.7 Å². The van der Waals surface area contributed by atoms with Crippen molar-refractivity contribution in [2.75, 3.05) is 11.6 Å². The fraction of sp³-hybridized carbons (Fsp3) is 0.421. The molecule has 1 aromatic rings. The van der Waals surface area contributed by atoms with Crippen molar-refractivity contribution in [2.24, 2.45) is 17.8 Å². The highest BCUT2D eigenvalue weighted by Crippen LogP contribution is 2.32. The van der Waals surface area contributed by atoms with Crippen LogP contribution < -0.4 is 15.8 Å². The molecule has 2 aliphatic rings. The zero-order valence-electron chi connectivity index (χ0n) is 14.5. The average molecular weight is 341 g/mol. The molecule has 2 atom stereocenters. The van der Waals surface area contributed by atoms with Gasteiger partial charge in [-0.3, -0.25) is 19.8 Å². The molecule has 0 bridgehead atoms. The Morgan fingerprint density at radius 2 is 1.96 bits per heavy atom. The van der Waals surface area contributed by atoms with Crippen LogP contribution in [0.25, 0.3) is 0 Å². The Kier molecular flexibility index (Phi) is 4.88. The van der Waals surface area contributed by atoms with Crippen LogP contribution >= 0.6 is 0 Å². The van der Waals surface area contributed by atoms with Gasteiger partial charge in [-0.2, -0.15) is 0 Å². The van der Waals surface area contributed by atoms with Crippen LogP contribution in [0, 0.1) is 17.8 Å². The molecule has 1 fully saturated rings. The van der Waals surface area contributed by atoms with Crippen LogP contribution in [-0.2, 0) is 9.59 Å². The summed E-state index contributed by atoms with van der Waals surface area (Å²) in [7, 11) is 0. The molecule has 25 heavy (non-hydrogen) atoms. The lowest BCUT2D eigenvalue weighted by Gasteiger charge is -2.38. The third-order valence-corrected chi connectivity index (χ3v) is 4.57. The van der Waals surface area contributed by atoms with Crippen LogP contribution in [0.4, 0.5) is 5.69 Å². The Hall–Kier alpha value is -2.63. The molecule has 1 saturated heterocycles. The van der Waals surface area contributed by atoms with E-state index in [-0.39, 0.29) is 29.6 Å². The Bertz CT molecular complexity index is 726. The minimum absolute atomic E-state index is 0.131. The summed E-state index contributed by atoms with van der Waals surface area (Å²) in [5.74, 6) is -0.753. The molecule has 1 aromatic carbocycles. The van der Waals surface area contributed by atoms with E-state index in [9.17, 15) is 14.4 Å². The normalized spacial score (nSPS) is 22.6. The summed E-state index contributed by atoms with van der Waals surface area (Å²) in [6.45, 7) is 4.62. The number of carbonyl (C=O) groups is 3. The number of fused-ring (bicyclic) bond motifs is 1. The van der Waals surface area contributed by atoms with Gasteiger partial charge in [-0.05, 0) is 37.0 Å². The third-order valence-electron chi connectivity index (χ3n) is 4.57. The lowest BCUT2D eigenvalue weighted by Crippen LogP contribution is -2.59. The molecule has 1 aliphatic carbocycles. The SMILES string of the molecule is CC(C)CNC(=O)c1cccc(N2NC(=O)C3CC=CCC3C2=O)c1. The van der Waals surface area contributed by atoms with E-state index in [4.69, 9.17) is 0 Å². The predicted molar refractivity (Wildman–Crippen MR) is 94.6 cm³/mol. The van der Waals surface area contributed by atoms with Crippen molar-refractivity contribution < 1.29 is 14.4 Å². The minimum Gasteiger partial charge on any atom is -0.352 e. The van der Waals surface area contributed by atoms with Gasteiger partial charge in [0.2, 0.25) is 11.8 Å². The van der Waals surface area contributed by atoms with E-state index in [0.29, 0.717) is 36.6 Å². The number of anilines is 1. The summed E-state index contributed by atoms with van der Waals surface area (Å²) < 4.78 is 0. The number of carbonyl (C=O) groups excluding carboxylic acids is 3. The molecule has 3 amide bonds. The Morgan fingerprint density at radius 3 is 2.68 bits per heavy atom. The Balaban J connectivity index is 1.81. The number of nitrogens with zero attached hydrogens (tertiary/aromatic N) is 1. The van der Waals surface area contributed by atoms with Crippen molar-refractivity contribution >= 4 is 23.4 Å². The number of hydrogen-bond acceptors (Lipinski definition) is 3. The zero-order chi connectivity index (χ0) is 18.0. The second kappa shape index (κ2) is 7.09. The summed E-state index contributed by atoms with van der Waals surface area (Å²) in [6, 6.07) is 6.76. The molecule has 3 rings (SSSR count). The monoisotopic (exact) mass is 341 g/mol. The van der Waals surface area contributed by atoms with Crippen LogP contribution in [0.1, 0.15) is 37.0 Å². The molecule has 0 aromatic heterocycles. The van der Waals surface area contributed by atoms with Gasteiger partial charge in [0.15, 0.2) is 0 Å². The maximum atomic E-state index is 12.8. The quantitative estimate of drug-likeness (QED) is 0.823. The van der Waals surface area contributed by atoms with Gasteiger partial charge in [-0.25, -0.2) is 5.01 Å². The summed E-state index contributed by atoms with van der Waals surface area (Å²) in [4.78, 5) is 37.4. The van der Waals surface area contributed by atoms with Crippen LogP contribution in [0.5, 0.6) is 0 Å². The minimum atomic E-state index is -0.336. The van der Waals surface area contributed by atoms with Gasteiger partial charge in [0.05, 0.1) is 17.5 Å². The molecule has 1 aliphatic heterocycles. The molecule has 132 valence electrons. The summed E-state index contributed by atoms with van der Waals surface area (Å²) in [6.07, 6.45) is 5.06. The molecule has 0 radical (unpaired) electrons. The first-order chi connectivity index (χ1) is 12.0. The lowest BCUT2D eigenvalue weighted by atomic mass is 9.80. The van der Waals surface area contributed by atoms with Crippen molar-refractivity contribution in [1.82, 2.24) is 10.7 Å². The lowest BCUT2D eigenvalue weighted by molar-refractivity contribution is -0.139. The van der Waals surface area contributed by atoms with E-state index >= 15 is 0 Å². The molecular weight excluding hydrogens is 318 g/mol. The first-order valence-corrected chi connectivity index (χ1v) is 8.65. The van der Waals surface area contributed by atoms with E-state index in [2.05, 4.69) is 10.7 Å². The zero-order valence-corrected chi connectivity index (χ0v) is 14.5. The van der Waals surface area contributed by atoms with Crippen molar-refractivity contribution in [1.29, 1.82) is 0 Å². The van der Waals surface area contributed by atoms with Gasteiger partial charge in [-0.1, -0.05) is 32.1 Å². The molecule has 0 saturated carbocycles. The maximum absolute atomic E-state index is 12.8. The molecule has 2 N–H and O–H groups in total. The van der Waals surface area contributed by atoms with Gasteiger partial charge < -0.3 is 5.32 Å². The van der Waals surface area contributed by atoms with Crippen LogP contribution in [0.15, 0.2) is 36.4 Å². The Labute approximate surface area is 147 Å². The Morgan fingerprint density at radius 1 is 1.24 bits per heavy atom. The van der Waals surface area contributed by atoms with Crippen LogP contribution in [0.3, 0.4) is 0 Å². The highest BCUT2D eigenvalue weighted by atomic mass is 16.2. The highest BCUT2D eigenvalue weighted by Gasteiger charge is 2.42. The van der Waals surface area contributed by atoms with Gasteiger partial charge in [0.1, 0.15) is 0 Å². The molecule has 6 nitrogen and oxygen atoms in total. The second-order valence-electron chi connectivity index (χ2n) is 6.96. The first-order valence-electron chi connectivity index (χ1n) is 8.65. The summed E-state index contributed by atoms with van der Waals surface area (Å²) in [5.41, 5.74) is 3.64. The van der Waals surface area contributed by atoms with Gasteiger partial charge in [-0.15, -0.1) is 0 Å². The van der Waals surface area contributed by atoms with E-state index in [0.717, 1.165) is 0 Å². The fourth-order valence-electron chi connectivity index (χ4n) is 3.17. The van der Waals surface area contributed by atoms with Crippen molar-refractivity contribution in [3.05, 3.63) is 42.0 Å². The summed E-state index contributed by atoms with van der Waals surface area (Å²) >= 11 is 0. The fourth-order valence-corrected chi connectivity index (χ4v) is 3.17.